The van der Waals surface area contributed by atoms with Crippen molar-refractivity contribution in [3.63, 3.8) is 0 Å². The largest absolute Gasteiger partial charge is 0.417 e. The van der Waals surface area contributed by atoms with Gasteiger partial charge in [-0.2, -0.15) is 13.2 Å². The highest BCUT2D eigenvalue weighted by Gasteiger charge is 2.34. The molecule has 3 aromatic rings. The van der Waals surface area contributed by atoms with Crippen LogP contribution in [-0.4, -0.2) is 18.4 Å². The number of alkyl halides is 3. The molecule has 0 bridgehead atoms. The lowest BCUT2D eigenvalue weighted by Gasteiger charge is -2.14. The van der Waals surface area contributed by atoms with Crippen molar-refractivity contribution in [2.45, 2.75) is 21.7 Å². The van der Waals surface area contributed by atoms with Crippen molar-refractivity contribution in [1.82, 2.24) is 9.97 Å². The van der Waals surface area contributed by atoms with Crippen LogP contribution in [0.5, 0.6) is 0 Å². The monoisotopic (exact) mass is 481 g/mol. The van der Waals surface area contributed by atoms with E-state index >= 15 is 0 Å². The molecule has 0 unspecified atom stereocenters. The number of aromatic amines is 1. The van der Waals surface area contributed by atoms with Crippen molar-refractivity contribution < 1.29 is 21.6 Å². The summed E-state index contributed by atoms with van der Waals surface area (Å²) in [5, 5.41) is -0.328. The molecule has 2 aromatic carbocycles. The van der Waals surface area contributed by atoms with Gasteiger partial charge in [0.2, 0.25) is 0 Å². The average Bonchev–Trinajstić information content (AvgIpc) is 3.13. The highest BCUT2D eigenvalue weighted by Crippen LogP contribution is 2.37. The summed E-state index contributed by atoms with van der Waals surface area (Å²) in [5.41, 5.74) is -1.10. The Morgan fingerprint density at radius 2 is 1.90 bits per heavy atom. The van der Waals surface area contributed by atoms with Crippen molar-refractivity contribution in [2.75, 3.05) is 4.72 Å². The number of rotatable bonds is 6. The number of benzene rings is 2. The summed E-state index contributed by atoms with van der Waals surface area (Å²) in [6.45, 7) is 0. The Hall–Kier alpha value is -1.88. The maximum atomic E-state index is 13.1. The minimum atomic E-state index is -4.79. The summed E-state index contributed by atoms with van der Waals surface area (Å²) >= 11 is 12.8. The van der Waals surface area contributed by atoms with E-state index in [0.717, 1.165) is 12.1 Å². The zero-order valence-corrected chi connectivity index (χ0v) is 17.4. The van der Waals surface area contributed by atoms with Gasteiger partial charge in [0.1, 0.15) is 5.82 Å². The molecule has 5 nitrogen and oxygen atoms in total. The summed E-state index contributed by atoms with van der Waals surface area (Å²) in [4.78, 5) is 6.96. The van der Waals surface area contributed by atoms with Gasteiger partial charge in [-0.05, 0) is 36.4 Å². The molecule has 29 heavy (non-hydrogen) atoms. The number of H-pyrrole nitrogens is 1. The topological polar surface area (TPSA) is 74.8 Å². The third-order valence-corrected chi connectivity index (χ3v) is 6.67. The lowest BCUT2D eigenvalue weighted by atomic mass is 10.2. The van der Waals surface area contributed by atoms with Gasteiger partial charge in [0.15, 0.2) is 0 Å². The molecular formula is C17H12Cl2F3N3O2S2. The predicted octanol–water partition coefficient (Wildman–Crippen LogP) is 5.83. The van der Waals surface area contributed by atoms with Gasteiger partial charge in [0.05, 0.1) is 26.9 Å². The normalized spacial score (nSPS) is 12.2. The highest BCUT2D eigenvalue weighted by atomic mass is 35.5. The summed E-state index contributed by atoms with van der Waals surface area (Å²) < 4.78 is 66.9. The van der Waals surface area contributed by atoms with Crippen LogP contribution in [0.4, 0.5) is 18.9 Å². The number of nitrogens with one attached hydrogen (secondary N) is 2. The second kappa shape index (κ2) is 8.47. The van der Waals surface area contributed by atoms with E-state index in [9.17, 15) is 21.6 Å². The van der Waals surface area contributed by atoms with Gasteiger partial charge < -0.3 is 4.98 Å². The van der Waals surface area contributed by atoms with Crippen LogP contribution >= 0.6 is 35.0 Å². The molecule has 0 aliphatic heterocycles. The highest BCUT2D eigenvalue weighted by molar-refractivity contribution is 7.98. The minimum absolute atomic E-state index is 0.137. The van der Waals surface area contributed by atoms with E-state index in [2.05, 4.69) is 14.7 Å². The van der Waals surface area contributed by atoms with Crippen molar-refractivity contribution in [3.05, 3.63) is 70.2 Å². The van der Waals surface area contributed by atoms with Crippen LogP contribution in [0.2, 0.25) is 10.0 Å². The third-order valence-electron chi connectivity index (χ3n) is 3.66. The first-order chi connectivity index (χ1) is 13.6. The molecule has 154 valence electrons. The molecule has 12 heteroatoms. The molecule has 3 rings (SSSR count). The summed E-state index contributed by atoms with van der Waals surface area (Å²) in [5.74, 6) is 1.09. The van der Waals surface area contributed by atoms with Crippen LogP contribution in [0.25, 0.3) is 0 Å². The minimum Gasteiger partial charge on any atom is -0.348 e. The molecule has 0 aliphatic carbocycles. The second-order valence-electron chi connectivity index (χ2n) is 5.71. The van der Waals surface area contributed by atoms with Gasteiger partial charge in [0, 0.05) is 22.3 Å². The number of imidazole rings is 1. The number of aromatic nitrogens is 2. The molecular weight excluding hydrogens is 470 g/mol. The zero-order valence-electron chi connectivity index (χ0n) is 14.3. The van der Waals surface area contributed by atoms with Gasteiger partial charge >= 0.3 is 6.18 Å². The maximum Gasteiger partial charge on any atom is 0.417 e. The lowest BCUT2D eigenvalue weighted by Crippen LogP contribution is -2.15. The smallest absolute Gasteiger partial charge is 0.348 e. The fourth-order valence-electron chi connectivity index (χ4n) is 2.32. The van der Waals surface area contributed by atoms with Gasteiger partial charge in [-0.3, -0.25) is 4.72 Å². The molecule has 0 saturated carbocycles. The van der Waals surface area contributed by atoms with E-state index in [1.54, 1.807) is 24.5 Å². The van der Waals surface area contributed by atoms with Gasteiger partial charge in [-0.15, -0.1) is 11.8 Å². The fourth-order valence-corrected chi connectivity index (χ4v) is 4.76. The molecule has 0 fully saturated rings. The molecule has 1 heterocycles. The number of hydrogen-bond donors (Lipinski definition) is 2. The van der Waals surface area contributed by atoms with Crippen molar-refractivity contribution in [1.29, 1.82) is 0 Å². The van der Waals surface area contributed by atoms with E-state index in [1.807, 2.05) is 0 Å². The number of thioether (sulfide) groups is 1. The Labute approximate surface area is 178 Å². The van der Waals surface area contributed by atoms with Crippen LogP contribution in [0.3, 0.4) is 0 Å². The van der Waals surface area contributed by atoms with E-state index in [1.165, 1.54) is 17.8 Å². The summed E-state index contributed by atoms with van der Waals surface area (Å²) in [6, 6.07) is 6.95. The number of anilines is 1. The molecule has 0 amide bonds. The molecule has 0 radical (unpaired) electrons. The molecule has 0 aliphatic rings. The fraction of sp³-hybridized carbons (Fsp3) is 0.118. The van der Waals surface area contributed by atoms with E-state index in [4.69, 9.17) is 23.2 Å². The molecule has 0 spiro atoms. The Morgan fingerprint density at radius 1 is 1.14 bits per heavy atom. The van der Waals surface area contributed by atoms with Crippen LogP contribution in [-0.2, 0) is 22.0 Å². The van der Waals surface area contributed by atoms with Crippen molar-refractivity contribution in [3.8, 4) is 0 Å². The molecule has 0 atom stereocenters. The quantitative estimate of drug-likeness (QED) is 0.434. The zero-order chi connectivity index (χ0) is 21.2. The first-order valence-corrected chi connectivity index (χ1v) is 11.1. The van der Waals surface area contributed by atoms with E-state index in [0.29, 0.717) is 22.5 Å². The average molecular weight is 482 g/mol. The summed E-state index contributed by atoms with van der Waals surface area (Å²) in [6.07, 6.45) is -1.55. The number of halogens is 5. The van der Waals surface area contributed by atoms with Crippen molar-refractivity contribution >= 4 is 50.7 Å². The first-order valence-electron chi connectivity index (χ1n) is 7.86. The third kappa shape index (κ3) is 5.39. The molecule has 2 N–H and O–H groups in total. The van der Waals surface area contributed by atoms with Crippen LogP contribution in [0.1, 0.15) is 11.4 Å². The first kappa shape index (κ1) is 21.8. The van der Waals surface area contributed by atoms with E-state index < -0.39 is 31.7 Å². The van der Waals surface area contributed by atoms with Crippen molar-refractivity contribution in [2.24, 2.45) is 0 Å². The molecule has 0 saturated heterocycles. The second-order valence-corrected chi connectivity index (χ2v) is 9.25. The Balaban J connectivity index is 1.91. The number of hydrogen-bond acceptors (Lipinski definition) is 4. The summed E-state index contributed by atoms with van der Waals surface area (Å²) in [7, 11) is -4.33. The SMILES string of the molecule is O=S(=O)(Nc1cc(Cl)ccc1SCc1ncc[nH]1)c1ccc(Cl)c(C(F)(F)F)c1. The van der Waals surface area contributed by atoms with Gasteiger partial charge in [-0.25, -0.2) is 13.4 Å². The lowest BCUT2D eigenvalue weighted by molar-refractivity contribution is -0.137. The van der Waals surface area contributed by atoms with Crippen LogP contribution in [0, 0.1) is 0 Å². The number of sulfonamides is 1. The standard InChI is InChI=1S/C17H12Cl2F3N3O2S2/c18-10-1-4-15(28-9-16-23-5-6-24-16)14(7-10)25-29(26,27)11-2-3-13(19)12(8-11)17(20,21)22/h1-8,25H,9H2,(H,23,24). The number of nitrogens with zero attached hydrogens (tertiary/aromatic N) is 1. The predicted molar refractivity (Wildman–Crippen MR) is 107 cm³/mol. The van der Waals surface area contributed by atoms with E-state index in [-0.39, 0.29) is 10.7 Å². The van der Waals surface area contributed by atoms with Gasteiger partial charge in [-0.1, -0.05) is 23.2 Å². The van der Waals surface area contributed by atoms with Crippen LogP contribution < -0.4 is 4.72 Å². The Bertz CT molecular complexity index is 1120. The van der Waals surface area contributed by atoms with Crippen LogP contribution in [0.15, 0.2) is 58.6 Å². The Kier molecular flexibility index (Phi) is 6.37. The molecule has 1 aromatic heterocycles. The Morgan fingerprint density at radius 3 is 2.55 bits per heavy atom. The van der Waals surface area contributed by atoms with Gasteiger partial charge in [0.25, 0.3) is 10.0 Å². The maximum absolute atomic E-state index is 13.1.